The quantitative estimate of drug-likeness (QED) is 0.817. The van der Waals surface area contributed by atoms with E-state index in [4.69, 9.17) is 5.11 Å². The van der Waals surface area contributed by atoms with Crippen LogP contribution in [-0.4, -0.2) is 18.0 Å². The zero-order chi connectivity index (χ0) is 10.8. The van der Waals surface area contributed by atoms with Crippen molar-refractivity contribution in [1.82, 2.24) is 0 Å². The monoisotopic (exact) mass is 202 g/mol. The molecule has 0 aliphatic rings. The number of halogens is 2. The Morgan fingerprint density at radius 1 is 1.21 bits per heavy atom. The van der Waals surface area contributed by atoms with Gasteiger partial charge in [-0.1, -0.05) is 30.3 Å². The minimum atomic E-state index is -1.75. The number of hydrogen-bond acceptors (Lipinski definition) is 1. The van der Waals surface area contributed by atoms with Crippen LogP contribution in [0.4, 0.5) is 8.78 Å². The second-order valence-corrected chi connectivity index (χ2v) is 2.48. The molecule has 0 atom stereocenters. The lowest BCUT2D eigenvalue weighted by molar-refractivity contribution is -0.136. The average Bonchev–Trinajstić information content (AvgIpc) is 2.18. The Hall–Kier alpha value is -1.45. The van der Waals surface area contributed by atoms with Gasteiger partial charge in [-0.15, -0.1) is 0 Å². The Kier molecular flexibility index (Phi) is 7.32. The van der Waals surface area contributed by atoms with Gasteiger partial charge in [0.05, 0.1) is 0 Å². The Balaban J connectivity index is 0.000000500. The molecule has 14 heavy (non-hydrogen) atoms. The van der Waals surface area contributed by atoms with E-state index in [1.165, 1.54) is 0 Å². The van der Waals surface area contributed by atoms with Gasteiger partial charge >= 0.3 is 5.97 Å². The third-order valence-corrected chi connectivity index (χ3v) is 1.47. The standard InChI is InChI=1S/C9H10O2.CH2F2/c10-9(11)7-6-8-4-2-1-3-5-8;2-1-3/h1-5H,6-7H2,(H,10,11);1H2. The normalized spacial score (nSPS) is 8.71. The van der Waals surface area contributed by atoms with E-state index in [2.05, 4.69) is 0 Å². The van der Waals surface area contributed by atoms with Gasteiger partial charge in [0.2, 0.25) is 6.93 Å². The molecule has 0 unspecified atom stereocenters. The summed E-state index contributed by atoms with van der Waals surface area (Å²) in [5.41, 5.74) is 1.08. The molecular formula is C10H12F2O2. The highest BCUT2D eigenvalue weighted by molar-refractivity contribution is 5.67. The van der Waals surface area contributed by atoms with Crippen LogP contribution >= 0.6 is 0 Å². The summed E-state index contributed by atoms with van der Waals surface area (Å²) in [4.78, 5) is 10.2. The summed E-state index contributed by atoms with van der Waals surface area (Å²) in [6.45, 7) is -1.75. The van der Waals surface area contributed by atoms with Gasteiger partial charge in [0, 0.05) is 6.42 Å². The van der Waals surface area contributed by atoms with Gasteiger partial charge in [0.1, 0.15) is 0 Å². The lowest BCUT2D eigenvalue weighted by Crippen LogP contribution is -1.96. The molecule has 0 saturated carbocycles. The van der Waals surface area contributed by atoms with Crippen LogP contribution < -0.4 is 0 Å². The van der Waals surface area contributed by atoms with Crippen LogP contribution in [0.2, 0.25) is 0 Å². The Morgan fingerprint density at radius 3 is 2.14 bits per heavy atom. The van der Waals surface area contributed by atoms with E-state index in [0.717, 1.165) is 5.56 Å². The molecule has 0 saturated heterocycles. The number of carbonyl (C=O) groups is 1. The van der Waals surface area contributed by atoms with E-state index in [9.17, 15) is 13.6 Å². The van der Waals surface area contributed by atoms with Crippen molar-refractivity contribution < 1.29 is 18.7 Å². The minimum Gasteiger partial charge on any atom is -0.481 e. The predicted molar refractivity (Wildman–Crippen MR) is 49.5 cm³/mol. The molecule has 2 nitrogen and oxygen atoms in total. The maximum Gasteiger partial charge on any atom is 0.303 e. The Bertz CT molecular complexity index is 250. The average molecular weight is 202 g/mol. The molecule has 0 aliphatic carbocycles. The molecule has 0 bridgehead atoms. The van der Waals surface area contributed by atoms with Crippen molar-refractivity contribution in [3.8, 4) is 0 Å². The molecule has 78 valence electrons. The fourth-order valence-corrected chi connectivity index (χ4v) is 0.896. The number of hydrogen-bond donors (Lipinski definition) is 1. The first-order chi connectivity index (χ1) is 6.70. The van der Waals surface area contributed by atoms with Crippen LogP contribution in [0.15, 0.2) is 30.3 Å². The maximum atomic E-state index is 10.2. The van der Waals surface area contributed by atoms with Gasteiger partial charge in [0.15, 0.2) is 0 Å². The van der Waals surface area contributed by atoms with E-state index in [1.54, 1.807) is 0 Å². The van der Waals surface area contributed by atoms with E-state index in [-0.39, 0.29) is 6.42 Å². The number of aliphatic carboxylic acids is 1. The van der Waals surface area contributed by atoms with Gasteiger partial charge in [-0.05, 0) is 12.0 Å². The fraction of sp³-hybridized carbons (Fsp3) is 0.300. The van der Waals surface area contributed by atoms with Crippen molar-refractivity contribution in [2.24, 2.45) is 0 Å². The molecule has 0 aliphatic heterocycles. The first kappa shape index (κ1) is 12.6. The van der Waals surface area contributed by atoms with Crippen molar-refractivity contribution >= 4 is 5.97 Å². The summed E-state index contributed by atoms with van der Waals surface area (Å²) in [6.07, 6.45) is 0.834. The molecule has 0 amide bonds. The Morgan fingerprint density at radius 2 is 1.71 bits per heavy atom. The highest BCUT2D eigenvalue weighted by atomic mass is 19.3. The van der Waals surface area contributed by atoms with E-state index in [1.807, 2.05) is 30.3 Å². The highest BCUT2D eigenvalue weighted by Gasteiger charge is 1.96. The molecule has 0 aromatic heterocycles. The van der Waals surface area contributed by atoms with Crippen LogP contribution in [0.5, 0.6) is 0 Å². The summed E-state index contributed by atoms with van der Waals surface area (Å²) in [7, 11) is 0. The highest BCUT2D eigenvalue weighted by Crippen LogP contribution is 2.01. The first-order valence-corrected chi connectivity index (χ1v) is 4.08. The Labute approximate surface area is 81.2 Å². The molecular weight excluding hydrogens is 190 g/mol. The van der Waals surface area contributed by atoms with E-state index < -0.39 is 12.9 Å². The molecule has 1 aromatic rings. The van der Waals surface area contributed by atoms with Crippen molar-refractivity contribution in [2.45, 2.75) is 12.8 Å². The van der Waals surface area contributed by atoms with Crippen molar-refractivity contribution in [3.05, 3.63) is 35.9 Å². The summed E-state index contributed by atoms with van der Waals surface area (Å²) in [5.74, 6) is -0.742. The smallest absolute Gasteiger partial charge is 0.303 e. The fourth-order valence-electron chi connectivity index (χ4n) is 0.896. The summed E-state index contributed by atoms with van der Waals surface area (Å²) in [6, 6.07) is 9.62. The summed E-state index contributed by atoms with van der Waals surface area (Å²) in [5, 5.41) is 8.37. The lowest BCUT2D eigenvalue weighted by Gasteiger charge is -1.95. The number of carboxylic acid groups (broad SMARTS) is 1. The molecule has 1 aromatic carbocycles. The van der Waals surface area contributed by atoms with Gasteiger partial charge in [-0.2, -0.15) is 0 Å². The number of benzene rings is 1. The van der Waals surface area contributed by atoms with Gasteiger partial charge in [-0.25, -0.2) is 8.78 Å². The third-order valence-electron chi connectivity index (χ3n) is 1.47. The van der Waals surface area contributed by atoms with Crippen molar-refractivity contribution in [1.29, 1.82) is 0 Å². The third kappa shape index (κ3) is 7.21. The zero-order valence-corrected chi connectivity index (χ0v) is 7.62. The minimum absolute atomic E-state index is 0.212. The van der Waals surface area contributed by atoms with Crippen LogP contribution in [0, 0.1) is 0 Å². The number of rotatable bonds is 3. The second kappa shape index (κ2) is 8.16. The summed E-state index contributed by atoms with van der Waals surface area (Å²) < 4.78 is 19.2. The van der Waals surface area contributed by atoms with Crippen molar-refractivity contribution in [2.75, 3.05) is 6.93 Å². The van der Waals surface area contributed by atoms with Gasteiger partial charge < -0.3 is 5.11 Å². The number of aryl methyl sites for hydroxylation is 1. The van der Waals surface area contributed by atoms with Crippen LogP contribution in [0.25, 0.3) is 0 Å². The van der Waals surface area contributed by atoms with Crippen LogP contribution in [0.3, 0.4) is 0 Å². The summed E-state index contributed by atoms with van der Waals surface area (Å²) >= 11 is 0. The predicted octanol–water partition coefficient (Wildman–Crippen LogP) is 2.59. The molecule has 0 radical (unpaired) electrons. The van der Waals surface area contributed by atoms with Crippen LogP contribution in [-0.2, 0) is 11.2 Å². The molecule has 0 spiro atoms. The largest absolute Gasteiger partial charge is 0.481 e. The molecule has 0 heterocycles. The first-order valence-electron chi connectivity index (χ1n) is 4.08. The van der Waals surface area contributed by atoms with Gasteiger partial charge in [-0.3, -0.25) is 4.79 Å². The maximum absolute atomic E-state index is 10.2. The molecule has 1 N–H and O–H groups in total. The van der Waals surface area contributed by atoms with Gasteiger partial charge in [0.25, 0.3) is 0 Å². The second-order valence-electron chi connectivity index (χ2n) is 2.48. The molecule has 4 heteroatoms. The van der Waals surface area contributed by atoms with Crippen molar-refractivity contribution in [3.63, 3.8) is 0 Å². The number of alkyl halides is 2. The molecule has 1 rings (SSSR count). The zero-order valence-electron chi connectivity index (χ0n) is 7.62. The van der Waals surface area contributed by atoms with E-state index >= 15 is 0 Å². The molecule has 0 fully saturated rings. The van der Waals surface area contributed by atoms with Crippen LogP contribution in [0.1, 0.15) is 12.0 Å². The topological polar surface area (TPSA) is 37.3 Å². The lowest BCUT2D eigenvalue weighted by atomic mass is 10.1. The van der Waals surface area contributed by atoms with E-state index in [0.29, 0.717) is 6.42 Å². The number of carboxylic acids is 1. The SMILES string of the molecule is FCF.O=C(O)CCc1ccccc1.